The predicted octanol–water partition coefficient (Wildman–Crippen LogP) is 4.75. The Morgan fingerprint density at radius 2 is 1.65 bits per heavy atom. The van der Waals surface area contributed by atoms with Crippen LogP contribution in [-0.2, 0) is 20.7 Å². The lowest BCUT2D eigenvalue weighted by Crippen LogP contribution is -2.65. The van der Waals surface area contributed by atoms with Gasteiger partial charge < -0.3 is 34.6 Å². The van der Waals surface area contributed by atoms with Crippen LogP contribution in [0.1, 0.15) is 12.8 Å². The molecular formula is C37H46BrN12O4P. The summed E-state index contributed by atoms with van der Waals surface area (Å²) in [4.78, 5) is 26.0. The molecule has 0 unspecified atom stereocenters. The van der Waals surface area contributed by atoms with E-state index in [2.05, 4.69) is 78.8 Å². The third-order valence-electron chi connectivity index (χ3n) is 10.8. The van der Waals surface area contributed by atoms with E-state index in [-0.39, 0.29) is 5.30 Å². The minimum atomic E-state index is -3.78. The number of hydrogen-bond acceptors (Lipinski definition) is 15. The molecule has 0 atom stereocenters. The van der Waals surface area contributed by atoms with Crippen LogP contribution in [0, 0.1) is 0 Å². The van der Waals surface area contributed by atoms with E-state index < -0.39 is 7.60 Å². The summed E-state index contributed by atoms with van der Waals surface area (Å²) in [5, 5.41) is 14.9. The topological polar surface area (TPSA) is 160 Å². The average Bonchev–Trinajstić information content (AvgIpc) is 3.64. The molecule has 16 nitrogen and oxygen atoms in total. The Morgan fingerprint density at radius 1 is 0.891 bits per heavy atom. The Balaban J connectivity index is 1.05. The minimum absolute atomic E-state index is 0.245. The number of nitrogens with zero attached hydrogens (tertiary/aromatic N) is 9. The van der Waals surface area contributed by atoms with Crippen molar-refractivity contribution in [1.82, 2.24) is 44.8 Å². The Labute approximate surface area is 328 Å². The number of piperazine rings is 1. The molecule has 3 N–H and O–H groups in total. The molecule has 0 bridgehead atoms. The second-order valence-corrected chi connectivity index (χ2v) is 17.0. The van der Waals surface area contributed by atoms with Gasteiger partial charge in [-0.05, 0) is 60.1 Å². The molecule has 3 fully saturated rings. The van der Waals surface area contributed by atoms with E-state index in [1.54, 1.807) is 31.6 Å². The molecule has 3 aliphatic heterocycles. The number of anilines is 5. The number of piperidine rings is 1. The molecule has 6 heterocycles. The van der Waals surface area contributed by atoms with Crippen molar-refractivity contribution in [3.63, 3.8) is 0 Å². The van der Waals surface area contributed by atoms with Gasteiger partial charge in [-0.15, -0.1) is 0 Å². The zero-order chi connectivity index (χ0) is 38.1. The highest BCUT2D eigenvalue weighted by atomic mass is 79.9. The number of aryl methyl sites for hydroxylation is 1. The Morgan fingerprint density at radius 3 is 2.36 bits per heavy atom. The Kier molecular flexibility index (Phi) is 11.0. The van der Waals surface area contributed by atoms with Crippen molar-refractivity contribution in [3.05, 3.63) is 59.7 Å². The van der Waals surface area contributed by atoms with E-state index in [1.807, 2.05) is 24.1 Å². The lowest BCUT2D eigenvalue weighted by atomic mass is 9.97. The van der Waals surface area contributed by atoms with Gasteiger partial charge in [-0.2, -0.15) is 10.1 Å². The molecule has 5 aromatic rings. The van der Waals surface area contributed by atoms with Gasteiger partial charge in [0.05, 0.1) is 34.7 Å². The fraction of sp³-hybridized carbons (Fsp3) is 0.432. The van der Waals surface area contributed by atoms with Crippen LogP contribution < -0.4 is 30.9 Å². The molecule has 3 aliphatic rings. The molecule has 55 heavy (non-hydrogen) atoms. The fourth-order valence-corrected chi connectivity index (χ4v) is 9.49. The second-order valence-electron chi connectivity index (χ2n) is 14.0. The molecule has 0 radical (unpaired) electrons. The summed E-state index contributed by atoms with van der Waals surface area (Å²) < 4.78 is 33.0. The second kappa shape index (κ2) is 16.1. The monoisotopic (exact) mass is 832 g/mol. The van der Waals surface area contributed by atoms with Crippen molar-refractivity contribution in [2.75, 3.05) is 89.2 Å². The van der Waals surface area contributed by atoms with Gasteiger partial charge in [0.25, 0.3) is 0 Å². The SMILES string of the molecule is COc1cc(N2CCN(C3CN(C4CCNCC4)C3)CC2)c(-c2cnn(C)c2)cc1Nc1ncc(Br)c(Nc2ccc3nccnc3c2P(=O)(OC)OC)n1. The molecule has 8 rings (SSSR count). The molecule has 2 aromatic carbocycles. The van der Waals surface area contributed by atoms with Gasteiger partial charge in [0.15, 0.2) is 0 Å². The smallest absolute Gasteiger partial charge is 0.365 e. The zero-order valence-electron chi connectivity index (χ0n) is 31.4. The van der Waals surface area contributed by atoms with E-state index in [4.69, 9.17) is 18.8 Å². The van der Waals surface area contributed by atoms with Crippen LogP contribution in [0.15, 0.2) is 59.7 Å². The van der Waals surface area contributed by atoms with E-state index >= 15 is 0 Å². The number of halogens is 1. The van der Waals surface area contributed by atoms with Gasteiger partial charge in [-0.1, -0.05) is 0 Å². The van der Waals surface area contributed by atoms with Crippen LogP contribution in [0.2, 0.25) is 0 Å². The number of benzene rings is 2. The van der Waals surface area contributed by atoms with Crippen molar-refractivity contribution >= 4 is 68.7 Å². The summed E-state index contributed by atoms with van der Waals surface area (Å²) in [7, 11) is 2.48. The van der Waals surface area contributed by atoms with E-state index in [9.17, 15) is 4.57 Å². The average molecular weight is 834 g/mol. The van der Waals surface area contributed by atoms with E-state index in [0.29, 0.717) is 50.4 Å². The maximum absolute atomic E-state index is 13.8. The number of hydrogen-bond donors (Lipinski definition) is 3. The molecule has 3 aromatic heterocycles. The van der Waals surface area contributed by atoms with E-state index in [0.717, 1.165) is 62.1 Å². The summed E-state index contributed by atoms with van der Waals surface area (Å²) in [5.41, 5.74) is 5.16. The molecule has 0 aliphatic carbocycles. The first-order valence-electron chi connectivity index (χ1n) is 18.4. The maximum Gasteiger partial charge on any atom is 0.365 e. The summed E-state index contributed by atoms with van der Waals surface area (Å²) in [6.07, 6.45) is 11.2. The van der Waals surface area contributed by atoms with Gasteiger partial charge in [0, 0.05) is 120 Å². The highest BCUT2D eigenvalue weighted by molar-refractivity contribution is 9.10. The first-order chi connectivity index (χ1) is 26.8. The number of methoxy groups -OCH3 is 1. The van der Waals surface area contributed by atoms with E-state index in [1.165, 1.54) is 46.3 Å². The number of ether oxygens (including phenoxy) is 1. The van der Waals surface area contributed by atoms with Crippen LogP contribution in [-0.4, -0.2) is 125 Å². The van der Waals surface area contributed by atoms with Crippen molar-refractivity contribution in [1.29, 1.82) is 0 Å². The molecule has 0 saturated carbocycles. The van der Waals surface area contributed by atoms with Crippen molar-refractivity contribution in [2.45, 2.75) is 24.9 Å². The Bertz CT molecular complexity index is 2200. The summed E-state index contributed by atoms with van der Waals surface area (Å²) in [6, 6.07) is 9.06. The highest BCUT2D eigenvalue weighted by Crippen LogP contribution is 2.49. The molecule has 3 saturated heterocycles. The van der Waals surface area contributed by atoms with Gasteiger partial charge in [-0.25, -0.2) is 4.98 Å². The number of likely N-dealkylation sites (tertiary alicyclic amines) is 1. The summed E-state index contributed by atoms with van der Waals surface area (Å²) in [6.45, 7) is 8.47. The number of rotatable bonds is 12. The third-order valence-corrected chi connectivity index (χ3v) is 13.4. The minimum Gasteiger partial charge on any atom is -0.494 e. The normalized spacial score (nSPS) is 17.7. The van der Waals surface area contributed by atoms with Crippen LogP contribution in [0.25, 0.3) is 22.2 Å². The number of aromatic nitrogens is 6. The quantitative estimate of drug-likeness (QED) is 0.148. The first-order valence-corrected chi connectivity index (χ1v) is 20.8. The molecule has 18 heteroatoms. The largest absolute Gasteiger partial charge is 0.494 e. The number of fused-ring (bicyclic) bond motifs is 1. The van der Waals surface area contributed by atoms with Crippen LogP contribution in [0.4, 0.5) is 28.8 Å². The standard InChI is InChI=1S/C37H46BrN12O4P/c1-47-21-24(19-43-47)27-17-31(33(52-2)18-32(27)49-15-13-48(14-16-49)26-22-50(23-26)25-7-9-39-10-8-25)45-37-42-20-28(38)36(46-37)44-30-6-5-29-34(41-12-11-40-29)35(30)55(51,53-3)54-4/h5-6,11-12,17-21,25-26,39H,7-10,13-16,22-23H2,1-4H3,(H2,42,44,45,46). The van der Waals surface area contributed by atoms with Gasteiger partial charge in [0.1, 0.15) is 22.4 Å². The Hall–Kier alpha value is -4.22. The maximum atomic E-state index is 13.8. The molecule has 0 amide bonds. The van der Waals surface area contributed by atoms with Crippen molar-refractivity contribution < 1.29 is 18.3 Å². The lowest BCUT2D eigenvalue weighted by Gasteiger charge is -2.51. The fourth-order valence-electron chi connectivity index (χ4n) is 7.83. The highest BCUT2D eigenvalue weighted by Gasteiger charge is 2.38. The van der Waals surface area contributed by atoms with Gasteiger partial charge in [0.2, 0.25) is 5.95 Å². The van der Waals surface area contributed by atoms with Gasteiger partial charge in [-0.3, -0.25) is 29.0 Å². The number of nitrogens with one attached hydrogen (secondary N) is 3. The van der Waals surface area contributed by atoms with Gasteiger partial charge >= 0.3 is 7.60 Å². The molecule has 290 valence electrons. The first kappa shape index (κ1) is 37.7. The van der Waals surface area contributed by atoms with Crippen molar-refractivity contribution in [3.8, 4) is 16.9 Å². The predicted molar refractivity (Wildman–Crippen MR) is 217 cm³/mol. The summed E-state index contributed by atoms with van der Waals surface area (Å²) >= 11 is 3.58. The van der Waals surface area contributed by atoms with Crippen LogP contribution >= 0.6 is 23.5 Å². The van der Waals surface area contributed by atoms with Crippen molar-refractivity contribution in [2.24, 2.45) is 7.05 Å². The van der Waals surface area contributed by atoms with Crippen LogP contribution in [0.5, 0.6) is 5.75 Å². The zero-order valence-corrected chi connectivity index (χ0v) is 33.9. The third kappa shape index (κ3) is 7.66. The molecular weight excluding hydrogens is 787 g/mol. The summed E-state index contributed by atoms with van der Waals surface area (Å²) in [5.74, 6) is 1.37. The lowest BCUT2D eigenvalue weighted by molar-refractivity contribution is -0.00583. The van der Waals surface area contributed by atoms with Crippen LogP contribution in [0.3, 0.4) is 0 Å². The molecule has 0 spiro atoms.